The Balaban J connectivity index is 1.87. The SMILES string of the molecule is COc1cc(OC)c(C(=O)N[C@@H]2C[C@H]3CC[C@]2(C)C3(C)C)cc1OC. The van der Waals surface area contributed by atoms with Gasteiger partial charge in [0.25, 0.3) is 5.91 Å². The van der Waals surface area contributed by atoms with Crippen molar-refractivity contribution in [3.05, 3.63) is 17.7 Å². The van der Waals surface area contributed by atoms with E-state index in [1.165, 1.54) is 12.8 Å². The minimum atomic E-state index is -0.118. The Hall–Kier alpha value is -1.91. The number of nitrogens with one attached hydrogen (secondary N) is 1. The van der Waals surface area contributed by atoms with Gasteiger partial charge in [-0.05, 0) is 36.0 Å². The molecule has 1 N–H and O–H groups in total. The Bertz CT molecular complexity index is 685. The maximum Gasteiger partial charge on any atom is 0.255 e. The predicted octanol–water partition coefficient (Wildman–Crippen LogP) is 3.66. The van der Waals surface area contributed by atoms with Gasteiger partial charge in [-0.1, -0.05) is 20.8 Å². The Morgan fingerprint density at radius 1 is 1.04 bits per heavy atom. The van der Waals surface area contributed by atoms with Gasteiger partial charge >= 0.3 is 0 Å². The van der Waals surface area contributed by atoms with E-state index in [0.29, 0.717) is 28.7 Å². The summed E-state index contributed by atoms with van der Waals surface area (Å²) >= 11 is 0. The third-order valence-electron chi connectivity index (χ3n) is 7.05. The zero-order valence-electron chi connectivity index (χ0n) is 16.1. The standard InChI is InChI=1S/C20H29NO4/c1-19(2)12-7-8-20(19,3)17(9-12)21-18(22)13-10-15(24-5)16(25-6)11-14(13)23-4/h10-12,17H,7-9H2,1-6H3,(H,21,22)/t12-,17-,20+/m1/s1. The van der Waals surface area contributed by atoms with Crippen molar-refractivity contribution < 1.29 is 19.0 Å². The molecule has 0 aromatic heterocycles. The number of carbonyl (C=O) groups excluding carboxylic acids is 1. The lowest BCUT2D eigenvalue weighted by atomic mass is 9.69. The molecule has 0 unspecified atom stereocenters. The lowest BCUT2D eigenvalue weighted by Crippen LogP contribution is -2.46. The highest BCUT2D eigenvalue weighted by Gasteiger charge is 2.61. The van der Waals surface area contributed by atoms with Gasteiger partial charge in [0.05, 0.1) is 26.9 Å². The van der Waals surface area contributed by atoms with Gasteiger partial charge in [0.2, 0.25) is 0 Å². The van der Waals surface area contributed by atoms with Gasteiger partial charge in [-0.15, -0.1) is 0 Å². The minimum absolute atomic E-state index is 0.118. The molecule has 0 aliphatic heterocycles. The Kier molecular flexibility index (Phi) is 4.38. The van der Waals surface area contributed by atoms with Gasteiger partial charge in [-0.2, -0.15) is 0 Å². The molecule has 25 heavy (non-hydrogen) atoms. The average Bonchev–Trinajstić information content (AvgIpc) is 2.93. The highest BCUT2D eigenvalue weighted by molar-refractivity contribution is 5.98. The molecule has 0 radical (unpaired) electrons. The summed E-state index contributed by atoms with van der Waals surface area (Å²) in [5, 5.41) is 3.27. The molecule has 1 aromatic carbocycles. The quantitative estimate of drug-likeness (QED) is 0.883. The van der Waals surface area contributed by atoms with Crippen molar-refractivity contribution in [3.8, 4) is 17.2 Å². The summed E-state index contributed by atoms with van der Waals surface area (Å²) in [5.74, 6) is 2.11. The van der Waals surface area contributed by atoms with Crippen LogP contribution in [0, 0.1) is 16.7 Å². The number of ether oxygens (including phenoxy) is 3. The molecular formula is C20H29NO4. The molecule has 0 saturated heterocycles. The number of fused-ring (bicyclic) bond motifs is 2. The van der Waals surface area contributed by atoms with Gasteiger partial charge in [-0.25, -0.2) is 0 Å². The molecule has 1 aromatic rings. The first kappa shape index (κ1) is 17.9. The topological polar surface area (TPSA) is 56.8 Å². The van der Waals surface area contributed by atoms with E-state index in [9.17, 15) is 4.79 Å². The molecule has 138 valence electrons. The fourth-order valence-electron chi connectivity index (χ4n) is 4.86. The van der Waals surface area contributed by atoms with Crippen LogP contribution in [-0.2, 0) is 0 Å². The Morgan fingerprint density at radius 2 is 1.64 bits per heavy atom. The van der Waals surface area contributed by atoms with E-state index in [2.05, 4.69) is 26.1 Å². The molecule has 5 heteroatoms. The minimum Gasteiger partial charge on any atom is -0.496 e. The molecule has 2 fully saturated rings. The number of benzene rings is 1. The molecular weight excluding hydrogens is 318 g/mol. The maximum atomic E-state index is 13.0. The first-order valence-electron chi connectivity index (χ1n) is 8.89. The Labute approximate surface area is 150 Å². The summed E-state index contributed by atoms with van der Waals surface area (Å²) in [6.07, 6.45) is 3.47. The van der Waals surface area contributed by atoms with E-state index in [1.54, 1.807) is 33.5 Å². The van der Waals surface area contributed by atoms with E-state index in [-0.39, 0.29) is 22.8 Å². The van der Waals surface area contributed by atoms with Crippen LogP contribution in [0.5, 0.6) is 17.2 Å². The van der Waals surface area contributed by atoms with Crippen LogP contribution in [0.1, 0.15) is 50.4 Å². The van der Waals surface area contributed by atoms with Crippen molar-refractivity contribution >= 4 is 5.91 Å². The van der Waals surface area contributed by atoms with Crippen molar-refractivity contribution in [2.24, 2.45) is 16.7 Å². The number of amides is 1. The van der Waals surface area contributed by atoms with Gasteiger partial charge < -0.3 is 19.5 Å². The van der Waals surface area contributed by atoms with E-state index in [4.69, 9.17) is 14.2 Å². The Morgan fingerprint density at radius 3 is 2.12 bits per heavy atom. The number of carbonyl (C=O) groups is 1. The second-order valence-corrected chi connectivity index (χ2v) is 8.04. The van der Waals surface area contributed by atoms with Crippen molar-refractivity contribution in [2.45, 2.75) is 46.1 Å². The molecule has 1 amide bonds. The maximum absolute atomic E-state index is 13.0. The smallest absolute Gasteiger partial charge is 0.255 e. The zero-order chi connectivity index (χ0) is 18.4. The second-order valence-electron chi connectivity index (χ2n) is 8.04. The largest absolute Gasteiger partial charge is 0.496 e. The van der Waals surface area contributed by atoms with E-state index < -0.39 is 0 Å². The van der Waals surface area contributed by atoms with Gasteiger partial charge in [0.15, 0.2) is 11.5 Å². The van der Waals surface area contributed by atoms with E-state index in [0.717, 1.165) is 6.42 Å². The van der Waals surface area contributed by atoms with Crippen molar-refractivity contribution in [3.63, 3.8) is 0 Å². The van der Waals surface area contributed by atoms with Gasteiger partial charge in [-0.3, -0.25) is 4.79 Å². The summed E-state index contributed by atoms with van der Waals surface area (Å²) in [5.41, 5.74) is 0.869. The van der Waals surface area contributed by atoms with Crippen molar-refractivity contribution in [1.82, 2.24) is 5.32 Å². The van der Waals surface area contributed by atoms with Gasteiger partial charge in [0, 0.05) is 18.2 Å². The summed E-state index contributed by atoms with van der Waals surface area (Å²) in [4.78, 5) is 13.0. The number of hydrogen-bond acceptors (Lipinski definition) is 4. The van der Waals surface area contributed by atoms with Crippen LogP contribution in [0.3, 0.4) is 0 Å². The molecule has 3 atom stereocenters. The molecule has 2 aliphatic carbocycles. The molecule has 0 spiro atoms. The molecule has 3 rings (SSSR count). The highest BCUT2D eigenvalue weighted by Crippen LogP contribution is 2.65. The number of rotatable bonds is 5. The average molecular weight is 347 g/mol. The molecule has 2 aliphatic rings. The third kappa shape index (κ3) is 2.55. The number of hydrogen-bond donors (Lipinski definition) is 1. The van der Waals surface area contributed by atoms with Crippen LogP contribution < -0.4 is 19.5 Å². The fourth-order valence-corrected chi connectivity index (χ4v) is 4.86. The summed E-state index contributed by atoms with van der Waals surface area (Å²) < 4.78 is 16.0. The first-order chi connectivity index (χ1) is 11.8. The van der Waals surface area contributed by atoms with E-state index >= 15 is 0 Å². The van der Waals surface area contributed by atoms with Crippen molar-refractivity contribution in [2.75, 3.05) is 21.3 Å². The highest BCUT2D eigenvalue weighted by atomic mass is 16.5. The van der Waals surface area contributed by atoms with E-state index in [1.807, 2.05) is 0 Å². The fraction of sp³-hybridized carbons (Fsp3) is 0.650. The van der Waals surface area contributed by atoms with Crippen LogP contribution in [0.2, 0.25) is 0 Å². The third-order valence-corrected chi connectivity index (χ3v) is 7.05. The summed E-state index contributed by atoms with van der Waals surface area (Å²) in [6, 6.07) is 3.57. The summed E-state index contributed by atoms with van der Waals surface area (Å²) in [7, 11) is 4.68. The normalized spacial score (nSPS) is 29.4. The molecule has 2 bridgehead atoms. The molecule has 0 heterocycles. The monoisotopic (exact) mass is 347 g/mol. The second kappa shape index (κ2) is 6.11. The van der Waals surface area contributed by atoms with Crippen molar-refractivity contribution in [1.29, 1.82) is 0 Å². The van der Waals surface area contributed by atoms with Crippen LogP contribution >= 0.6 is 0 Å². The molecule has 5 nitrogen and oxygen atoms in total. The first-order valence-corrected chi connectivity index (χ1v) is 8.89. The zero-order valence-corrected chi connectivity index (χ0v) is 16.1. The van der Waals surface area contributed by atoms with Gasteiger partial charge in [0.1, 0.15) is 5.75 Å². The molecule has 2 saturated carbocycles. The lowest BCUT2D eigenvalue weighted by Gasteiger charge is -2.39. The van der Waals surface area contributed by atoms with Crippen LogP contribution in [0.25, 0.3) is 0 Å². The summed E-state index contributed by atoms with van der Waals surface area (Å²) in [6.45, 7) is 7.00. The van der Waals surface area contributed by atoms with Crippen LogP contribution in [0.15, 0.2) is 12.1 Å². The lowest BCUT2D eigenvalue weighted by molar-refractivity contribution is 0.0823. The predicted molar refractivity (Wildman–Crippen MR) is 96.6 cm³/mol. The number of methoxy groups -OCH3 is 3. The van der Waals surface area contributed by atoms with Crippen LogP contribution in [-0.4, -0.2) is 33.3 Å². The van der Waals surface area contributed by atoms with Crippen LogP contribution in [0.4, 0.5) is 0 Å².